The summed E-state index contributed by atoms with van der Waals surface area (Å²) in [6.45, 7) is -0.957. The Morgan fingerprint density at radius 2 is 2.21 bits per heavy atom. The van der Waals surface area contributed by atoms with Gasteiger partial charge < -0.3 is 9.29 Å². The monoisotopic (exact) mass is 218 g/mol. The zero-order chi connectivity index (χ0) is 10.6. The Balaban J connectivity index is 3.14. The maximum Gasteiger partial charge on any atom is 0.228 e. The van der Waals surface area contributed by atoms with Gasteiger partial charge in [0.1, 0.15) is 5.75 Å². The van der Waals surface area contributed by atoms with Crippen molar-refractivity contribution >= 4 is 15.2 Å². The molecule has 0 aliphatic heterocycles. The van der Waals surface area contributed by atoms with E-state index in [4.69, 9.17) is 4.55 Å². The maximum atomic E-state index is 11.9. The minimum Gasteiger partial charge on any atom is -0.462 e. The third-order valence-corrected chi connectivity index (χ3v) is 2.17. The second-order valence-corrected chi connectivity index (χ2v) is 4.73. The summed E-state index contributed by atoms with van der Waals surface area (Å²) in [5.74, 6) is 0.263. The van der Waals surface area contributed by atoms with Crippen LogP contribution in [-0.4, -0.2) is 27.2 Å². The first-order chi connectivity index (χ1) is 6.53. The molecular weight excluding hydrogens is 207 g/mol. The lowest BCUT2D eigenvalue weighted by Gasteiger charge is -2.05. The molecule has 0 aliphatic rings. The smallest absolute Gasteiger partial charge is 0.228 e. The van der Waals surface area contributed by atoms with Gasteiger partial charge in [-0.25, -0.2) is 8.60 Å². The van der Waals surface area contributed by atoms with Crippen LogP contribution < -0.4 is 4.74 Å². The molecule has 0 heterocycles. The van der Waals surface area contributed by atoms with Crippen molar-refractivity contribution in [2.75, 3.05) is 13.1 Å². The highest BCUT2D eigenvalue weighted by Crippen LogP contribution is 2.16. The van der Waals surface area contributed by atoms with Crippen LogP contribution in [0.1, 0.15) is 5.56 Å². The number of para-hydroxylation sites is 1. The second kappa shape index (κ2) is 4.43. The molecule has 0 spiro atoms. The highest BCUT2D eigenvalue weighted by atomic mass is 32.2. The largest absolute Gasteiger partial charge is 0.462 e. The van der Waals surface area contributed by atoms with E-state index in [0.29, 0.717) is 5.56 Å². The zero-order valence-corrected chi connectivity index (χ0v) is 8.46. The van der Waals surface area contributed by atoms with Gasteiger partial charge in [0, 0.05) is 17.2 Å². The molecule has 0 radical (unpaired) electrons. The van der Waals surface area contributed by atoms with Gasteiger partial charge in [-0.3, -0.25) is 0 Å². The van der Waals surface area contributed by atoms with E-state index in [1.54, 1.807) is 18.2 Å². The molecule has 1 aromatic carbocycles. The lowest BCUT2D eigenvalue weighted by molar-refractivity contribution is 0.191. The number of hydrogen-bond donors (Lipinski definition) is 1. The minimum atomic E-state index is -3.00. The summed E-state index contributed by atoms with van der Waals surface area (Å²) in [7, 11) is -3.00. The average molecular weight is 218 g/mol. The Bertz CT molecular complexity index is 414. The molecule has 0 saturated carbocycles. The lowest BCUT2D eigenvalue weighted by Crippen LogP contribution is -2.02. The van der Waals surface area contributed by atoms with Gasteiger partial charge in [-0.2, -0.15) is 0 Å². The molecule has 3 nitrogen and oxygen atoms in total. The molecule has 0 aliphatic carbocycles. The molecule has 5 heteroatoms. The van der Waals surface area contributed by atoms with E-state index in [9.17, 15) is 8.60 Å². The molecule has 1 unspecified atom stereocenters. The summed E-state index contributed by atoms with van der Waals surface area (Å²) in [5.41, 5.74) is 0.417. The molecule has 1 N–H and O–H groups in total. The van der Waals surface area contributed by atoms with Crippen molar-refractivity contribution in [3.8, 4) is 5.75 Å². The normalized spacial score (nSPS) is 14.5. The maximum absolute atomic E-state index is 11.9. The van der Waals surface area contributed by atoms with E-state index >= 15 is 0 Å². The predicted octanol–water partition coefficient (Wildman–Crippen LogP) is 1.53. The molecule has 14 heavy (non-hydrogen) atoms. The number of alkyl halides is 1. The molecule has 0 fully saturated rings. The number of hydrogen-bond acceptors (Lipinski definition) is 2. The fourth-order valence-corrected chi connectivity index (χ4v) is 1.67. The van der Waals surface area contributed by atoms with Crippen LogP contribution in [0, 0.1) is 0 Å². The third kappa shape index (κ3) is 3.35. The minimum absolute atomic E-state index is 0.263. The zero-order valence-electron chi connectivity index (χ0n) is 7.64. The summed E-state index contributed by atoms with van der Waals surface area (Å²) in [6, 6.07) is 6.47. The van der Waals surface area contributed by atoms with E-state index < -0.39 is 16.7 Å². The van der Waals surface area contributed by atoms with Crippen LogP contribution in [0.5, 0.6) is 5.75 Å². The molecule has 1 rings (SSSR count). The standard InChI is InChI=1S/C9H11FO3S/c1-14(11,12)6-8-4-2-3-5-9(8)13-7-10/h2-6H,7H2,1H3,(H,11,12). The number of halogens is 1. The van der Waals surface area contributed by atoms with Crippen LogP contribution in [0.4, 0.5) is 4.39 Å². The molecule has 0 amide bonds. The van der Waals surface area contributed by atoms with Crippen molar-refractivity contribution in [3.63, 3.8) is 0 Å². The van der Waals surface area contributed by atoms with E-state index in [1.165, 1.54) is 12.3 Å². The number of rotatable bonds is 3. The lowest BCUT2D eigenvalue weighted by atomic mass is 10.2. The van der Waals surface area contributed by atoms with Gasteiger partial charge in [-0.1, -0.05) is 18.2 Å². The summed E-state index contributed by atoms with van der Waals surface area (Å²) >= 11 is 0. The highest BCUT2D eigenvalue weighted by molar-refractivity contribution is 7.95. The van der Waals surface area contributed by atoms with Gasteiger partial charge in [0.05, 0.1) is 9.80 Å². The van der Waals surface area contributed by atoms with Crippen molar-refractivity contribution < 1.29 is 17.9 Å². The fraction of sp³-hybridized carbons (Fsp3) is 0.222. The Morgan fingerprint density at radius 1 is 1.57 bits per heavy atom. The van der Waals surface area contributed by atoms with Crippen LogP contribution in [0.2, 0.25) is 0 Å². The number of benzene rings is 1. The van der Waals surface area contributed by atoms with Crippen LogP contribution in [0.3, 0.4) is 0 Å². The summed E-state index contributed by atoms with van der Waals surface area (Å²) in [6.07, 6.45) is 1.18. The fourth-order valence-electron chi connectivity index (χ4n) is 1.00. The third-order valence-electron chi connectivity index (χ3n) is 1.47. The molecular formula is C9H11FO3S. The van der Waals surface area contributed by atoms with Crippen LogP contribution in [0.25, 0.3) is 0 Å². The topological polar surface area (TPSA) is 46.5 Å². The summed E-state index contributed by atoms with van der Waals surface area (Å²) in [4.78, 5) is 0. The van der Waals surface area contributed by atoms with E-state index in [-0.39, 0.29) is 5.75 Å². The molecule has 1 atom stereocenters. The van der Waals surface area contributed by atoms with Crippen molar-refractivity contribution in [1.29, 1.82) is 0 Å². The highest BCUT2D eigenvalue weighted by Gasteiger charge is 2.01. The van der Waals surface area contributed by atoms with Crippen molar-refractivity contribution in [1.82, 2.24) is 0 Å². The van der Waals surface area contributed by atoms with Gasteiger partial charge in [0.15, 0.2) is 0 Å². The molecule has 1 aromatic rings. The first kappa shape index (κ1) is 11.0. The average Bonchev–Trinajstić information content (AvgIpc) is 2.06. The van der Waals surface area contributed by atoms with Crippen molar-refractivity contribution in [3.05, 3.63) is 29.8 Å². The van der Waals surface area contributed by atoms with E-state index in [2.05, 4.69) is 4.74 Å². The first-order valence-electron chi connectivity index (χ1n) is 3.87. The van der Waals surface area contributed by atoms with Crippen molar-refractivity contribution in [2.45, 2.75) is 0 Å². The predicted molar refractivity (Wildman–Crippen MR) is 54.9 cm³/mol. The Morgan fingerprint density at radius 3 is 2.79 bits per heavy atom. The van der Waals surface area contributed by atoms with Crippen LogP contribution in [0.15, 0.2) is 24.3 Å². The first-order valence-corrected chi connectivity index (χ1v) is 5.86. The van der Waals surface area contributed by atoms with E-state index in [0.717, 1.165) is 5.37 Å². The molecule has 0 aromatic heterocycles. The number of ether oxygens (including phenoxy) is 1. The van der Waals surface area contributed by atoms with Gasteiger partial charge in [0.2, 0.25) is 6.86 Å². The summed E-state index contributed by atoms with van der Waals surface area (Å²) < 4.78 is 36.7. The molecule has 78 valence electrons. The second-order valence-electron chi connectivity index (χ2n) is 2.77. The van der Waals surface area contributed by atoms with Crippen molar-refractivity contribution in [2.24, 2.45) is 0 Å². The van der Waals surface area contributed by atoms with E-state index in [1.807, 2.05) is 0 Å². The van der Waals surface area contributed by atoms with Crippen LogP contribution >= 0.6 is 0 Å². The summed E-state index contributed by atoms with van der Waals surface area (Å²) in [5, 5.41) is 1.15. The Labute approximate surface area is 82.4 Å². The Kier molecular flexibility index (Phi) is 3.49. The van der Waals surface area contributed by atoms with Crippen LogP contribution in [-0.2, 0) is 9.80 Å². The van der Waals surface area contributed by atoms with Gasteiger partial charge in [0.25, 0.3) is 0 Å². The van der Waals surface area contributed by atoms with Gasteiger partial charge in [-0.05, 0) is 6.07 Å². The quantitative estimate of drug-likeness (QED) is 0.782. The van der Waals surface area contributed by atoms with Gasteiger partial charge in [-0.15, -0.1) is 0 Å². The Hall–Kier alpha value is -1.07. The molecule has 0 saturated heterocycles. The van der Waals surface area contributed by atoms with Gasteiger partial charge >= 0.3 is 0 Å². The molecule has 0 bridgehead atoms. The SMILES string of the molecule is CS(=O)(O)=Cc1ccccc1OCF.